The first-order chi connectivity index (χ1) is 11.5. The molecule has 0 atom stereocenters. The summed E-state index contributed by atoms with van der Waals surface area (Å²) in [7, 11) is 0. The van der Waals surface area contributed by atoms with Crippen molar-refractivity contribution in [2.45, 2.75) is 39.7 Å². The quantitative estimate of drug-likeness (QED) is 0.871. The van der Waals surface area contributed by atoms with E-state index in [1.165, 1.54) is 11.3 Å². The highest BCUT2D eigenvalue weighted by molar-refractivity contribution is 7.11. The molecule has 1 saturated heterocycles. The van der Waals surface area contributed by atoms with Crippen molar-refractivity contribution in [3.8, 4) is 0 Å². The number of thiazole rings is 1. The van der Waals surface area contributed by atoms with Crippen LogP contribution in [-0.4, -0.2) is 24.0 Å². The molecule has 5 nitrogen and oxygen atoms in total. The zero-order chi connectivity index (χ0) is 17.1. The Balaban J connectivity index is 1.79. The number of carbonyl (C=O) groups excluding carboxylic acids is 1. The number of nitrogens with two attached hydrogens (primary N) is 1. The summed E-state index contributed by atoms with van der Waals surface area (Å²) in [5, 5.41) is 4.49. The zero-order valence-corrected chi connectivity index (χ0v) is 15.1. The molecule has 0 radical (unpaired) electrons. The van der Waals surface area contributed by atoms with Crippen LogP contribution in [0, 0.1) is 13.8 Å². The van der Waals surface area contributed by atoms with E-state index in [4.69, 9.17) is 5.73 Å². The number of hydrogen-bond acceptors (Lipinski definition) is 5. The van der Waals surface area contributed by atoms with Crippen molar-refractivity contribution < 1.29 is 4.79 Å². The molecule has 1 fully saturated rings. The number of anilines is 2. The maximum Gasteiger partial charge on any atom is 0.250 e. The molecule has 128 valence electrons. The van der Waals surface area contributed by atoms with E-state index in [-0.39, 0.29) is 5.91 Å². The minimum atomic E-state index is -0.367. The van der Waals surface area contributed by atoms with Gasteiger partial charge in [0.15, 0.2) is 0 Å². The average molecular weight is 344 g/mol. The average Bonchev–Trinajstić information content (AvgIpc) is 2.91. The highest BCUT2D eigenvalue weighted by Gasteiger charge is 2.17. The number of nitrogens with zero attached hydrogens (tertiary/aromatic N) is 2. The molecule has 0 unspecified atom stereocenters. The van der Waals surface area contributed by atoms with E-state index in [0.717, 1.165) is 48.0 Å². The van der Waals surface area contributed by atoms with Crippen LogP contribution in [0.25, 0.3) is 0 Å². The van der Waals surface area contributed by atoms with E-state index >= 15 is 0 Å². The van der Waals surface area contributed by atoms with Crippen molar-refractivity contribution in [2.75, 3.05) is 23.3 Å². The lowest BCUT2D eigenvalue weighted by atomic mass is 10.1. The number of amides is 1. The molecule has 2 heterocycles. The molecule has 2 aromatic rings. The molecule has 1 aliphatic rings. The lowest BCUT2D eigenvalue weighted by Crippen LogP contribution is -2.31. The maximum atomic E-state index is 11.8. The first-order valence-electron chi connectivity index (χ1n) is 8.40. The number of piperidine rings is 1. The van der Waals surface area contributed by atoms with Gasteiger partial charge in [0.2, 0.25) is 0 Å². The highest BCUT2D eigenvalue weighted by atomic mass is 32.1. The van der Waals surface area contributed by atoms with Crippen molar-refractivity contribution in [1.82, 2.24) is 4.98 Å². The van der Waals surface area contributed by atoms with Crippen LogP contribution in [-0.2, 0) is 6.54 Å². The molecule has 3 N–H and O–H groups in total. The molecule has 24 heavy (non-hydrogen) atoms. The van der Waals surface area contributed by atoms with Crippen LogP contribution in [0.5, 0.6) is 0 Å². The molecule has 1 amide bonds. The van der Waals surface area contributed by atoms with Crippen LogP contribution in [0.3, 0.4) is 0 Å². The molecule has 1 aromatic carbocycles. The van der Waals surface area contributed by atoms with E-state index in [1.807, 2.05) is 25.1 Å². The van der Waals surface area contributed by atoms with Crippen LogP contribution in [0.15, 0.2) is 18.2 Å². The smallest absolute Gasteiger partial charge is 0.250 e. The van der Waals surface area contributed by atoms with Crippen LogP contribution in [0.4, 0.5) is 11.4 Å². The monoisotopic (exact) mass is 344 g/mol. The number of rotatable bonds is 5. The van der Waals surface area contributed by atoms with Gasteiger partial charge in [-0.15, -0.1) is 11.3 Å². The fraction of sp³-hybridized carbons (Fsp3) is 0.444. The summed E-state index contributed by atoms with van der Waals surface area (Å²) in [6.45, 7) is 6.77. The summed E-state index contributed by atoms with van der Waals surface area (Å²) in [4.78, 5) is 19.8. The molecular formula is C18H24N4OS. The summed E-state index contributed by atoms with van der Waals surface area (Å²) < 4.78 is 0. The highest BCUT2D eigenvalue weighted by Crippen LogP contribution is 2.28. The van der Waals surface area contributed by atoms with Crippen molar-refractivity contribution in [2.24, 2.45) is 5.73 Å². The normalized spacial score (nSPS) is 14.7. The van der Waals surface area contributed by atoms with Crippen molar-refractivity contribution in [1.29, 1.82) is 0 Å². The molecular weight excluding hydrogens is 320 g/mol. The topological polar surface area (TPSA) is 71.2 Å². The Bertz CT molecular complexity index is 715. The summed E-state index contributed by atoms with van der Waals surface area (Å²) in [6.07, 6.45) is 3.57. The van der Waals surface area contributed by atoms with E-state index in [1.54, 1.807) is 11.3 Å². The third-order valence-electron chi connectivity index (χ3n) is 4.48. The molecule has 0 spiro atoms. The third kappa shape index (κ3) is 3.70. The van der Waals surface area contributed by atoms with Gasteiger partial charge in [-0.2, -0.15) is 0 Å². The first-order valence-corrected chi connectivity index (χ1v) is 9.22. The molecule has 0 aliphatic carbocycles. The van der Waals surface area contributed by atoms with Crippen LogP contribution in [0.1, 0.15) is 45.2 Å². The van der Waals surface area contributed by atoms with Gasteiger partial charge in [0, 0.05) is 23.7 Å². The molecule has 0 bridgehead atoms. The summed E-state index contributed by atoms with van der Waals surface area (Å²) >= 11 is 1.72. The number of nitrogens with one attached hydrogen (secondary N) is 1. The minimum absolute atomic E-state index is 0.367. The van der Waals surface area contributed by atoms with Crippen molar-refractivity contribution in [3.63, 3.8) is 0 Å². The predicted molar refractivity (Wildman–Crippen MR) is 99.9 cm³/mol. The number of hydrogen-bond donors (Lipinski definition) is 2. The van der Waals surface area contributed by atoms with Gasteiger partial charge < -0.3 is 16.0 Å². The Kier molecular flexibility index (Phi) is 5.04. The van der Waals surface area contributed by atoms with Gasteiger partial charge in [-0.05, 0) is 51.3 Å². The largest absolute Gasteiger partial charge is 0.378 e. The number of carbonyl (C=O) groups is 1. The fourth-order valence-corrected chi connectivity index (χ4v) is 3.91. The lowest BCUT2D eigenvalue weighted by molar-refractivity contribution is 0.100. The second kappa shape index (κ2) is 7.21. The van der Waals surface area contributed by atoms with Gasteiger partial charge in [0.1, 0.15) is 5.01 Å². The number of primary amides is 1. The Morgan fingerprint density at radius 1 is 1.29 bits per heavy atom. The predicted octanol–water partition coefficient (Wildman–Crippen LogP) is 3.46. The number of aromatic nitrogens is 1. The van der Waals surface area contributed by atoms with E-state index < -0.39 is 0 Å². The molecule has 6 heteroatoms. The second-order valence-corrected chi connectivity index (χ2v) is 7.53. The molecule has 0 saturated carbocycles. The van der Waals surface area contributed by atoms with Gasteiger partial charge in [-0.1, -0.05) is 0 Å². The Morgan fingerprint density at radius 3 is 2.67 bits per heavy atom. The van der Waals surface area contributed by atoms with Crippen molar-refractivity contribution in [3.05, 3.63) is 39.3 Å². The first kappa shape index (κ1) is 16.8. The summed E-state index contributed by atoms with van der Waals surface area (Å²) in [6, 6.07) is 5.78. The molecule has 1 aliphatic heterocycles. The summed E-state index contributed by atoms with van der Waals surface area (Å²) in [5.74, 6) is -0.367. The summed E-state index contributed by atoms with van der Waals surface area (Å²) in [5.41, 5.74) is 9.19. The second-order valence-electron chi connectivity index (χ2n) is 6.25. The van der Waals surface area contributed by atoms with Crippen molar-refractivity contribution >= 4 is 28.6 Å². The lowest BCUT2D eigenvalue weighted by Gasteiger charge is -2.30. The Labute approximate surface area is 146 Å². The van der Waals surface area contributed by atoms with E-state index in [0.29, 0.717) is 12.1 Å². The molecule has 3 rings (SSSR count). The van der Waals surface area contributed by atoms with Gasteiger partial charge in [-0.25, -0.2) is 4.98 Å². The Hall–Kier alpha value is -2.08. The number of benzene rings is 1. The Morgan fingerprint density at radius 2 is 2.04 bits per heavy atom. The van der Waals surface area contributed by atoms with Gasteiger partial charge >= 0.3 is 0 Å². The van der Waals surface area contributed by atoms with E-state index in [2.05, 4.69) is 22.1 Å². The fourth-order valence-electron chi connectivity index (χ4n) is 3.04. The maximum absolute atomic E-state index is 11.8. The van der Waals surface area contributed by atoms with Gasteiger partial charge in [-0.3, -0.25) is 4.79 Å². The third-order valence-corrected chi connectivity index (χ3v) is 5.55. The van der Waals surface area contributed by atoms with Crippen LogP contribution in [0.2, 0.25) is 0 Å². The van der Waals surface area contributed by atoms with Crippen LogP contribution < -0.4 is 16.0 Å². The minimum Gasteiger partial charge on any atom is -0.378 e. The SMILES string of the molecule is Cc1nc(CNc2ccc(C(N)=O)c(N3CCCCC3)c2)sc1C. The zero-order valence-electron chi connectivity index (χ0n) is 14.3. The molecule has 1 aromatic heterocycles. The van der Waals surface area contributed by atoms with Gasteiger partial charge in [0.25, 0.3) is 5.91 Å². The van der Waals surface area contributed by atoms with E-state index in [9.17, 15) is 4.79 Å². The standard InChI is InChI=1S/C18H24N4OS/c1-12-13(2)24-17(21-12)11-20-14-6-7-15(18(19)23)16(10-14)22-8-4-3-5-9-22/h6-7,10,20H,3-5,8-9,11H2,1-2H3,(H2,19,23). The number of aryl methyl sites for hydroxylation is 2. The van der Waals surface area contributed by atoms with Crippen LogP contribution >= 0.6 is 11.3 Å². The van der Waals surface area contributed by atoms with Gasteiger partial charge in [0.05, 0.1) is 23.5 Å².